The summed E-state index contributed by atoms with van der Waals surface area (Å²) >= 11 is 3.21. The number of nitrogens with one attached hydrogen (secondary N) is 1. The van der Waals surface area contributed by atoms with Crippen molar-refractivity contribution in [1.29, 1.82) is 0 Å². The van der Waals surface area contributed by atoms with Crippen molar-refractivity contribution in [3.63, 3.8) is 0 Å². The maximum atomic E-state index is 13.0. The molecule has 1 N–H and O–H groups in total. The van der Waals surface area contributed by atoms with Crippen LogP contribution < -0.4 is 10.1 Å². The highest BCUT2D eigenvalue weighted by Gasteiger charge is 2.16. The van der Waals surface area contributed by atoms with Crippen LogP contribution in [0.2, 0.25) is 0 Å². The summed E-state index contributed by atoms with van der Waals surface area (Å²) < 4.78 is 5.80. The van der Waals surface area contributed by atoms with E-state index in [0.717, 1.165) is 31.0 Å². The number of thiophene rings is 1. The zero-order valence-electron chi connectivity index (χ0n) is 17.4. The van der Waals surface area contributed by atoms with Crippen molar-refractivity contribution in [2.24, 2.45) is 0 Å². The van der Waals surface area contributed by atoms with Crippen molar-refractivity contribution in [2.45, 2.75) is 27.0 Å². The fourth-order valence-electron chi connectivity index (χ4n) is 2.98. The molecular weight excluding hydrogens is 416 g/mol. The Kier molecular flexibility index (Phi) is 8.67. The van der Waals surface area contributed by atoms with E-state index in [9.17, 15) is 4.79 Å². The molecule has 30 heavy (non-hydrogen) atoms. The minimum absolute atomic E-state index is 0.104. The number of anilines is 1. The van der Waals surface area contributed by atoms with Crippen molar-refractivity contribution in [2.75, 3.05) is 31.5 Å². The smallest absolute Gasteiger partial charge is 0.322 e. The highest BCUT2D eigenvalue weighted by Crippen LogP contribution is 2.20. The summed E-state index contributed by atoms with van der Waals surface area (Å²) in [5, 5.41) is 7.03. The number of carbonyl (C=O) groups excluding carboxylic acids is 1. The standard InChI is InChI=1S/C22H28N4O2S2/c1-3-25(4-2)10-11-26(14-21-9-6-12-30-21)22(27)24-18-7-5-8-20(13-18)28-15-19-16-29-17-23-19/h5-9,12-13,16-17H,3-4,10-11,14-15H2,1-2H3,(H,24,27). The van der Waals surface area contributed by atoms with Gasteiger partial charge < -0.3 is 19.9 Å². The van der Waals surface area contributed by atoms with Crippen molar-refractivity contribution in [3.05, 3.63) is 63.2 Å². The molecule has 1 aromatic carbocycles. The van der Waals surface area contributed by atoms with Gasteiger partial charge in [-0.25, -0.2) is 9.78 Å². The van der Waals surface area contributed by atoms with E-state index in [2.05, 4.69) is 35.1 Å². The van der Waals surface area contributed by atoms with Crippen molar-refractivity contribution >= 4 is 34.4 Å². The van der Waals surface area contributed by atoms with Crippen molar-refractivity contribution in [3.8, 4) is 5.75 Å². The lowest BCUT2D eigenvalue weighted by atomic mass is 10.3. The Morgan fingerprint density at radius 2 is 2.03 bits per heavy atom. The summed E-state index contributed by atoms with van der Waals surface area (Å²) in [4.78, 5) is 22.6. The lowest BCUT2D eigenvalue weighted by Crippen LogP contribution is -2.40. The molecule has 0 radical (unpaired) electrons. The third-order valence-electron chi connectivity index (χ3n) is 4.75. The zero-order valence-corrected chi connectivity index (χ0v) is 19.0. The van der Waals surface area contributed by atoms with E-state index in [1.54, 1.807) is 28.2 Å². The number of rotatable bonds is 11. The van der Waals surface area contributed by atoms with Gasteiger partial charge in [-0.15, -0.1) is 22.7 Å². The molecule has 8 heteroatoms. The van der Waals surface area contributed by atoms with Crippen LogP contribution in [0.15, 0.2) is 52.7 Å². The average molecular weight is 445 g/mol. The molecule has 0 aliphatic heterocycles. The van der Waals surface area contributed by atoms with Crippen LogP contribution >= 0.6 is 22.7 Å². The fourth-order valence-corrected chi connectivity index (χ4v) is 4.24. The van der Waals surface area contributed by atoms with E-state index in [0.29, 0.717) is 25.4 Å². The first-order valence-electron chi connectivity index (χ1n) is 10.1. The average Bonchev–Trinajstić information content (AvgIpc) is 3.46. The predicted octanol–water partition coefficient (Wildman–Crippen LogP) is 5.16. The number of nitrogens with zero attached hydrogens (tertiary/aromatic N) is 3. The highest BCUT2D eigenvalue weighted by molar-refractivity contribution is 7.09. The molecule has 2 amide bonds. The first kappa shape index (κ1) is 22.3. The minimum atomic E-state index is -0.104. The molecular formula is C22H28N4O2S2. The second kappa shape index (κ2) is 11.7. The third-order valence-corrected chi connectivity index (χ3v) is 6.25. The molecule has 6 nitrogen and oxygen atoms in total. The number of carbonyl (C=O) groups is 1. The Hall–Kier alpha value is -2.42. The van der Waals surface area contributed by atoms with Crippen LogP contribution in [0.5, 0.6) is 5.75 Å². The van der Waals surface area contributed by atoms with Crippen LogP contribution in [0.3, 0.4) is 0 Å². The van der Waals surface area contributed by atoms with E-state index in [1.807, 2.05) is 46.0 Å². The maximum absolute atomic E-state index is 13.0. The van der Waals surface area contributed by atoms with Crippen LogP contribution in [0.4, 0.5) is 10.5 Å². The fraction of sp³-hybridized carbons (Fsp3) is 0.364. The molecule has 2 heterocycles. The largest absolute Gasteiger partial charge is 0.487 e. The maximum Gasteiger partial charge on any atom is 0.322 e. The molecule has 0 unspecified atom stereocenters. The quantitative estimate of drug-likeness (QED) is 0.444. The van der Waals surface area contributed by atoms with Gasteiger partial charge in [-0.2, -0.15) is 0 Å². The van der Waals surface area contributed by atoms with Gasteiger partial charge in [0.15, 0.2) is 0 Å². The number of hydrogen-bond donors (Lipinski definition) is 1. The highest BCUT2D eigenvalue weighted by atomic mass is 32.1. The van der Waals surface area contributed by atoms with Crippen LogP contribution in [0.25, 0.3) is 0 Å². The number of likely N-dealkylation sites (N-methyl/N-ethyl adjacent to an activating group) is 1. The number of ether oxygens (including phenoxy) is 1. The monoisotopic (exact) mass is 444 g/mol. The summed E-state index contributed by atoms with van der Waals surface area (Å²) in [5.74, 6) is 0.703. The van der Waals surface area contributed by atoms with Crippen LogP contribution in [0.1, 0.15) is 24.4 Å². The summed E-state index contributed by atoms with van der Waals surface area (Å²) in [5.41, 5.74) is 3.40. The Morgan fingerprint density at radius 1 is 1.17 bits per heavy atom. The van der Waals surface area contributed by atoms with E-state index in [1.165, 1.54) is 4.88 Å². The molecule has 0 fully saturated rings. The number of urea groups is 1. The van der Waals surface area contributed by atoms with Gasteiger partial charge in [-0.3, -0.25) is 0 Å². The number of thiazole rings is 1. The van der Waals surface area contributed by atoms with E-state index in [-0.39, 0.29) is 6.03 Å². The molecule has 0 aliphatic rings. The molecule has 3 rings (SSSR count). The minimum Gasteiger partial charge on any atom is -0.487 e. The van der Waals surface area contributed by atoms with Gasteiger partial charge in [0.1, 0.15) is 12.4 Å². The molecule has 160 valence electrons. The summed E-state index contributed by atoms with van der Waals surface area (Å²) in [6.45, 7) is 8.77. The number of benzene rings is 1. The van der Waals surface area contributed by atoms with E-state index >= 15 is 0 Å². The molecule has 0 saturated carbocycles. The second-order valence-corrected chi connectivity index (χ2v) is 8.51. The topological polar surface area (TPSA) is 57.7 Å². The van der Waals surface area contributed by atoms with Gasteiger partial charge in [0, 0.05) is 35.1 Å². The Labute approximate surface area is 186 Å². The molecule has 0 spiro atoms. The number of hydrogen-bond acceptors (Lipinski definition) is 6. The first-order chi connectivity index (χ1) is 14.7. The molecule has 2 aromatic heterocycles. The van der Waals surface area contributed by atoms with Crippen LogP contribution in [-0.4, -0.2) is 47.0 Å². The molecule has 0 bridgehead atoms. The van der Waals surface area contributed by atoms with Gasteiger partial charge in [0.2, 0.25) is 0 Å². The lowest BCUT2D eigenvalue weighted by molar-refractivity contribution is 0.195. The van der Waals surface area contributed by atoms with E-state index < -0.39 is 0 Å². The Bertz CT molecular complexity index is 880. The van der Waals surface area contributed by atoms with Crippen molar-refractivity contribution < 1.29 is 9.53 Å². The lowest BCUT2D eigenvalue weighted by Gasteiger charge is -2.26. The molecule has 0 saturated heterocycles. The molecule has 3 aromatic rings. The second-order valence-electron chi connectivity index (χ2n) is 6.75. The van der Waals surface area contributed by atoms with Gasteiger partial charge in [0.05, 0.1) is 17.7 Å². The Balaban J connectivity index is 1.62. The van der Waals surface area contributed by atoms with Gasteiger partial charge in [-0.1, -0.05) is 26.0 Å². The Morgan fingerprint density at radius 3 is 2.73 bits per heavy atom. The summed E-state index contributed by atoms with van der Waals surface area (Å²) in [6, 6.07) is 11.5. The first-order valence-corrected chi connectivity index (χ1v) is 11.9. The molecule has 0 aliphatic carbocycles. The van der Waals surface area contributed by atoms with E-state index in [4.69, 9.17) is 4.74 Å². The van der Waals surface area contributed by atoms with Gasteiger partial charge in [0.25, 0.3) is 0 Å². The predicted molar refractivity (Wildman–Crippen MR) is 124 cm³/mol. The van der Waals surface area contributed by atoms with Gasteiger partial charge >= 0.3 is 6.03 Å². The zero-order chi connectivity index (χ0) is 21.2. The van der Waals surface area contributed by atoms with Crippen molar-refractivity contribution in [1.82, 2.24) is 14.8 Å². The van der Waals surface area contributed by atoms with Crippen LogP contribution in [0, 0.1) is 0 Å². The number of amides is 2. The number of aromatic nitrogens is 1. The summed E-state index contributed by atoms with van der Waals surface area (Å²) in [7, 11) is 0. The normalized spacial score (nSPS) is 10.9. The SMILES string of the molecule is CCN(CC)CCN(Cc1cccs1)C(=O)Nc1cccc(OCc2cscn2)c1. The van der Waals surface area contributed by atoms with Crippen LogP contribution in [-0.2, 0) is 13.2 Å². The summed E-state index contributed by atoms with van der Waals surface area (Å²) in [6.07, 6.45) is 0. The third kappa shape index (κ3) is 6.83. The van der Waals surface area contributed by atoms with Gasteiger partial charge in [-0.05, 0) is 36.7 Å². The molecule has 0 atom stereocenters.